The first-order valence-corrected chi connectivity index (χ1v) is 5.63. The quantitative estimate of drug-likeness (QED) is 0.792. The van der Waals surface area contributed by atoms with Crippen molar-refractivity contribution in [3.63, 3.8) is 0 Å². The molecular formula is C12H15ClO5. The lowest BCUT2D eigenvalue weighted by molar-refractivity contribution is -0.144. The van der Waals surface area contributed by atoms with Crippen LogP contribution in [0.2, 0.25) is 5.02 Å². The third-order valence-corrected chi connectivity index (χ3v) is 2.80. The largest absolute Gasteiger partial charge is 0.495 e. The highest BCUT2D eigenvalue weighted by Gasteiger charge is 2.22. The number of esters is 1. The third kappa shape index (κ3) is 3.60. The van der Waals surface area contributed by atoms with E-state index in [1.165, 1.54) is 20.3 Å². The molecule has 2 atom stereocenters. The Bertz CT molecular complexity index is 421. The van der Waals surface area contributed by atoms with E-state index in [1.54, 1.807) is 12.1 Å². The summed E-state index contributed by atoms with van der Waals surface area (Å²) < 4.78 is 9.42. The number of rotatable bonds is 5. The van der Waals surface area contributed by atoms with Gasteiger partial charge >= 0.3 is 5.97 Å². The third-order valence-electron chi connectivity index (χ3n) is 2.48. The van der Waals surface area contributed by atoms with Crippen molar-refractivity contribution >= 4 is 17.6 Å². The Morgan fingerprint density at radius 3 is 2.61 bits per heavy atom. The molecule has 0 saturated carbocycles. The number of aliphatic hydroxyl groups is 2. The molecule has 0 aliphatic carbocycles. The number of halogens is 1. The standard InChI is InChI=1S/C12H15ClO5/c1-17-10-5-7(3-4-8(10)13)12(16)9(14)6-11(15)18-2/h3-5,9,12,14,16H,6H2,1-2H3. The number of aliphatic hydroxyl groups excluding tert-OH is 2. The maximum atomic E-state index is 11.0. The first kappa shape index (κ1) is 14.8. The van der Waals surface area contributed by atoms with Crippen molar-refractivity contribution in [3.8, 4) is 5.75 Å². The Balaban J connectivity index is 2.83. The number of hydrogen-bond donors (Lipinski definition) is 2. The number of ether oxygens (including phenoxy) is 2. The van der Waals surface area contributed by atoms with Gasteiger partial charge in [-0.05, 0) is 17.7 Å². The van der Waals surface area contributed by atoms with E-state index in [9.17, 15) is 15.0 Å². The fraction of sp³-hybridized carbons (Fsp3) is 0.417. The maximum Gasteiger partial charge on any atom is 0.308 e. The van der Waals surface area contributed by atoms with Crippen molar-refractivity contribution < 1.29 is 24.5 Å². The number of benzene rings is 1. The average Bonchev–Trinajstić information content (AvgIpc) is 2.38. The smallest absolute Gasteiger partial charge is 0.308 e. The van der Waals surface area contributed by atoms with E-state index in [2.05, 4.69) is 4.74 Å². The van der Waals surface area contributed by atoms with Crippen LogP contribution >= 0.6 is 11.6 Å². The summed E-state index contributed by atoms with van der Waals surface area (Å²) in [7, 11) is 2.66. The van der Waals surface area contributed by atoms with Gasteiger partial charge in [-0.2, -0.15) is 0 Å². The van der Waals surface area contributed by atoms with Gasteiger partial charge in [0, 0.05) is 0 Å². The minimum atomic E-state index is -1.25. The second-order valence-electron chi connectivity index (χ2n) is 3.69. The number of carbonyl (C=O) groups is 1. The van der Waals surface area contributed by atoms with E-state index < -0.39 is 18.2 Å². The van der Waals surface area contributed by atoms with Crippen LogP contribution in [0.25, 0.3) is 0 Å². The van der Waals surface area contributed by atoms with Gasteiger partial charge in [0.05, 0.1) is 31.8 Å². The highest BCUT2D eigenvalue weighted by molar-refractivity contribution is 6.32. The van der Waals surface area contributed by atoms with E-state index >= 15 is 0 Å². The molecule has 1 rings (SSSR count). The first-order chi connectivity index (χ1) is 8.49. The molecule has 0 fully saturated rings. The predicted octanol–water partition coefficient (Wildman–Crippen LogP) is 1.31. The van der Waals surface area contributed by atoms with Crippen LogP contribution in [-0.4, -0.2) is 36.5 Å². The fourth-order valence-corrected chi connectivity index (χ4v) is 1.64. The van der Waals surface area contributed by atoms with E-state index in [0.29, 0.717) is 16.3 Å². The normalized spacial score (nSPS) is 13.8. The van der Waals surface area contributed by atoms with Gasteiger partial charge in [0.15, 0.2) is 0 Å². The summed E-state index contributed by atoms with van der Waals surface area (Å²) in [5, 5.41) is 20.0. The molecule has 0 aliphatic heterocycles. The van der Waals surface area contributed by atoms with Gasteiger partial charge in [0.2, 0.25) is 0 Å². The summed E-state index contributed by atoms with van der Waals surface area (Å²) in [4.78, 5) is 11.0. The highest BCUT2D eigenvalue weighted by atomic mass is 35.5. The van der Waals surface area contributed by atoms with Crippen molar-refractivity contribution in [2.45, 2.75) is 18.6 Å². The topological polar surface area (TPSA) is 76.0 Å². The molecule has 0 bridgehead atoms. The van der Waals surface area contributed by atoms with Crippen molar-refractivity contribution in [1.29, 1.82) is 0 Å². The molecule has 0 radical (unpaired) electrons. The van der Waals surface area contributed by atoms with Gasteiger partial charge in [-0.1, -0.05) is 17.7 Å². The first-order valence-electron chi connectivity index (χ1n) is 5.26. The molecular weight excluding hydrogens is 260 g/mol. The molecule has 0 saturated heterocycles. The van der Waals surface area contributed by atoms with Crippen LogP contribution < -0.4 is 4.74 Å². The minimum absolute atomic E-state index is 0.289. The summed E-state index contributed by atoms with van der Waals surface area (Å²) in [5.41, 5.74) is 0.410. The molecule has 5 nitrogen and oxygen atoms in total. The van der Waals surface area contributed by atoms with Gasteiger partial charge in [-0.15, -0.1) is 0 Å². The van der Waals surface area contributed by atoms with Gasteiger partial charge in [0.1, 0.15) is 11.9 Å². The lowest BCUT2D eigenvalue weighted by Crippen LogP contribution is -2.22. The van der Waals surface area contributed by atoms with Crippen molar-refractivity contribution in [2.75, 3.05) is 14.2 Å². The Morgan fingerprint density at radius 1 is 1.39 bits per heavy atom. The molecule has 18 heavy (non-hydrogen) atoms. The monoisotopic (exact) mass is 274 g/mol. The highest BCUT2D eigenvalue weighted by Crippen LogP contribution is 2.29. The van der Waals surface area contributed by atoms with E-state index in [1.807, 2.05) is 0 Å². The zero-order valence-electron chi connectivity index (χ0n) is 10.1. The molecule has 1 aromatic carbocycles. The Morgan fingerprint density at radius 2 is 2.06 bits per heavy atom. The van der Waals surface area contributed by atoms with E-state index in [-0.39, 0.29) is 6.42 Å². The van der Waals surface area contributed by atoms with Crippen molar-refractivity contribution in [2.24, 2.45) is 0 Å². The van der Waals surface area contributed by atoms with E-state index in [0.717, 1.165) is 0 Å². The van der Waals surface area contributed by atoms with Crippen LogP contribution in [0.1, 0.15) is 18.1 Å². The molecule has 1 aromatic rings. The van der Waals surface area contributed by atoms with Gasteiger partial charge in [-0.3, -0.25) is 4.79 Å². The van der Waals surface area contributed by atoms with Crippen molar-refractivity contribution in [1.82, 2.24) is 0 Å². The van der Waals surface area contributed by atoms with Crippen LogP contribution in [0.5, 0.6) is 5.75 Å². The van der Waals surface area contributed by atoms with Crippen molar-refractivity contribution in [3.05, 3.63) is 28.8 Å². The summed E-state index contributed by atoms with van der Waals surface area (Å²) in [6, 6.07) is 4.60. The molecule has 0 amide bonds. The van der Waals surface area contributed by atoms with Crippen LogP contribution in [0, 0.1) is 0 Å². The summed E-state index contributed by atoms with van der Waals surface area (Å²) in [5.74, 6) is -0.207. The lowest BCUT2D eigenvalue weighted by Gasteiger charge is -2.18. The Hall–Kier alpha value is -1.30. The summed E-state index contributed by atoms with van der Waals surface area (Å²) in [6.45, 7) is 0. The minimum Gasteiger partial charge on any atom is -0.495 e. The fourth-order valence-electron chi connectivity index (χ4n) is 1.45. The van der Waals surface area contributed by atoms with E-state index in [4.69, 9.17) is 16.3 Å². The Labute approximate surface area is 110 Å². The predicted molar refractivity (Wildman–Crippen MR) is 65.6 cm³/mol. The molecule has 0 aromatic heterocycles. The summed E-state index contributed by atoms with van der Waals surface area (Å²) in [6.07, 6.45) is -2.75. The number of carbonyl (C=O) groups excluding carboxylic acids is 1. The average molecular weight is 275 g/mol. The van der Waals surface area contributed by atoms with Crippen LogP contribution in [0.4, 0.5) is 0 Å². The van der Waals surface area contributed by atoms with Gasteiger partial charge in [-0.25, -0.2) is 0 Å². The van der Waals surface area contributed by atoms with Crippen LogP contribution in [0.15, 0.2) is 18.2 Å². The van der Waals surface area contributed by atoms with Gasteiger partial charge in [0.25, 0.3) is 0 Å². The molecule has 0 spiro atoms. The maximum absolute atomic E-state index is 11.0. The number of hydrogen-bond acceptors (Lipinski definition) is 5. The van der Waals surface area contributed by atoms with Gasteiger partial charge < -0.3 is 19.7 Å². The second-order valence-corrected chi connectivity index (χ2v) is 4.09. The molecule has 100 valence electrons. The zero-order valence-corrected chi connectivity index (χ0v) is 10.8. The summed E-state index contributed by atoms with van der Waals surface area (Å²) >= 11 is 5.84. The molecule has 2 unspecified atom stereocenters. The molecule has 2 N–H and O–H groups in total. The molecule has 0 aliphatic rings. The Kier molecular flexibility index (Phi) is 5.40. The van der Waals surface area contributed by atoms with Crippen LogP contribution in [0.3, 0.4) is 0 Å². The molecule has 0 heterocycles. The molecule has 6 heteroatoms. The number of methoxy groups -OCH3 is 2. The van der Waals surface area contributed by atoms with Crippen LogP contribution in [-0.2, 0) is 9.53 Å². The second kappa shape index (κ2) is 6.58. The zero-order chi connectivity index (χ0) is 13.7. The lowest BCUT2D eigenvalue weighted by atomic mass is 10.0. The SMILES string of the molecule is COC(=O)CC(O)C(O)c1ccc(Cl)c(OC)c1.